The van der Waals surface area contributed by atoms with Crippen LogP contribution in [0, 0.1) is 13.8 Å². The van der Waals surface area contributed by atoms with Crippen molar-refractivity contribution in [3.63, 3.8) is 0 Å². The summed E-state index contributed by atoms with van der Waals surface area (Å²) in [4.78, 5) is 0. The largest absolute Gasteiger partial charge is 0.495 e. The number of hydrogen-bond acceptors (Lipinski definition) is 4. The summed E-state index contributed by atoms with van der Waals surface area (Å²) >= 11 is 3.48. The van der Waals surface area contributed by atoms with Crippen molar-refractivity contribution in [3.8, 4) is 17.1 Å². The van der Waals surface area contributed by atoms with Crippen molar-refractivity contribution >= 4 is 21.7 Å². The Kier molecular flexibility index (Phi) is 3.11. The van der Waals surface area contributed by atoms with Crippen LogP contribution in [0.3, 0.4) is 0 Å². The lowest BCUT2D eigenvalue weighted by Crippen LogP contribution is -1.94. The highest BCUT2D eigenvalue weighted by atomic mass is 79.9. The quantitative estimate of drug-likeness (QED) is 0.923. The molecule has 17 heavy (non-hydrogen) atoms. The van der Waals surface area contributed by atoms with Crippen molar-refractivity contribution in [2.24, 2.45) is 0 Å². The van der Waals surface area contributed by atoms with Gasteiger partial charge in [0.15, 0.2) is 11.6 Å². The van der Waals surface area contributed by atoms with Gasteiger partial charge in [-0.3, -0.25) is 0 Å². The zero-order chi connectivity index (χ0) is 12.6. The van der Waals surface area contributed by atoms with Gasteiger partial charge in [-0.1, -0.05) is 5.16 Å². The number of nitrogens with zero attached hydrogens (tertiary/aromatic N) is 1. The Morgan fingerprint density at radius 1 is 1.35 bits per heavy atom. The number of nitrogen functional groups attached to an aromatic ring is 1. The van der Waals surface area contributed by atoms with E-state index in [-0.39, 0.29) is 0 Å². The van der Waals surface area contributed by atoms with Crippen LogP contribution >= 0.6 is 15.9 Å². The summed E-state index contributed by atoms with van der Waals surface area (Å²) in [7, 11) is 1.62. The van der Waals surface area contributed by atoms with Gasteiger partial charge in [0.2, 0.25) is 0 Å². The molecule has 4 nitrogen and oxygen atoms in total. The van der Waals surface area contributed by atoms with Crippen molar-refractivity contribution in [1.29, 1.82) is 0 Å². The molecule has 2 aromatic rings. The Hall–Kier alpha value is -1.49. The number of anilines is 1. The predicted molar refractivity (Wildman–Crippen MR) is 70.1 cm³/mol. The number of hydrogen-bond donors (Lipinski definition) is 1. The molecule has 0 atom stereocenters. The summed E-state index contributed by atoms with van der Waals surface area (Å²) < 4.78 is 11.5. The van der Waals surface area contributed by atoms with Gasteiger partial charge in [-0.2, -0.15) is 0 Å². The lowest BCUT2D eigenvalue weighted by Gasteiger charge is -2.13. The highest BCUT2D eigenvalue weighted by Crippen LogP contribution is 2.40. The monoisotopic (exact) mass is 296 g/mol. The molecular formula is C12H13BrN2O2. The van der Waals surface area contributed by atoms with Crippen molar-refractivity contribution in [1.82, 2.24) is 5.16 Å². The fraction of sp³-hybridized carbons (Fsp3) is 0.250. The Balaban J connectivity index is 2.74. The van der Waals surface area contributed by atoms with E-state index in [0.717, 1.165) is 26.9 Å². The van der Waals surface area contributed by atoms with E-state index in [2.05, 4.69) is 21.1 Å². The van der Waals surface area contributed by atoms with Gasteiger partial charge in [0.05, 0.1) is 17.1 Å². The lowest BCUT2D eigenvalue weighted by molar-refractivity contribution is 0.404. The second-order valence-corrected chi connectivity index (χ2v) is 4.68. The minimum absolute atomic E-state index is 0.360. The number of aromatic nitrogens is 1. The van der Waals surface area contributed by atoms with Crippen molar-refractivity contribution in [2.45, 2.75) is 13.8 Å². The molecule has 2 N–H and O–H groups in total. The summed E-state index contributed by atoms with van der Waals surface area (Å²) in [6.45, 7) is 4.04. The normalized spacial score (nSPS) is 10.6. The van der Waals surface area contributed by atoms with Crippen LogP contribution in [0.4, 0.5) is 5.82 Å². The van der Waals surface area contributed by atoms with Gasteiger partial charge >= 0.3 is 0 Å². The van der Waals surface area contributed by atoms with E-state index in [1.807, 2.05) is 19.9 Å². The molecule has 1 heterocycles. The van der Waals surface area contributed by atoms with E-state index < -0.39 is 0 Å². The minimum Gasteiger partial charge on any atom is -0.495 e. The summed E-state index contributed by atoms with van der Waals surface area (Å²) in [5, 5.41) is 3.70. The average molecular weight is 297 g/mol. The van der Waals surface area contributed by atoms with Crippen molar-refractivity contribution < 1.29 is 9.26 Å². The third-order valence-electron chi connectivity index (χ3n) is 2.73. The van der Waals surface area contributed by atoms with E-state index in [9.17, 15) is 0 Å². The van der Waals surface area contributed by atoms with Crippen molar-refractivity contribution in [2.75, 3.05) is 12.8 Å². The minimum atomic E-state index is 0.360. The Labute approximate surface area is 108 Å². The number of aryl methyl sites for hydroxylation is 1. The first-order valence-corrected chi connectivity index (χ1v) is 5.90. The van der Waals surface area contributed by atoms with Crippen LogP contribution in [0.25, 0.3) is 11.3 Å². The SMILES string of the molecule is COc1c(Br)cc(C)c(C)c1-c1cc(N)no1. The number of methoxy groups -OCH3 is 1. The number of ether oxygens (including phenoxy) is 1. The molecule has 5 heteroatoms. The summed E-state index contributed by atoms with van der Waals surface area (Å²) in [5.74, 6) is 1.70. The Bertz CT molecular complexity index is 564. The fourth-order valence-corrected chi connectivity index (χ4v) is 2.46. The zero-order valence-corrected chi connectivity index (χ0v) is 11.5. The predicted octanol–water partition coefficient (Wildman–Crippen LogP) is 3.31. The zero-order valence-electron chi connectivity index (χ0n) is 9.87. The Morgan fingerprint density at radius 3 is 2.59 bits per heavy atom. The maximum absolute atomic E-state index is 5.58. The van der Waals surface area contributed by atoms with E-state index in [1.165, 1.54) is 0 Å². The molecule has 0 fully saturated rings. The fourth-order valence-electron chi connectivity index (χ4n) is 1.75. The lowest BCUT2D eigenvalue weighted by atomic mass is 10.0. The molecule has 0 saturated carbocycles. The Morgan fingerprint density at radius 2 is 2.06 bits per heavy atom. The van der Waals surface area contributed by atoms with Gasteiger partial charge in [0.25, 0.3) is 0 Å². The number of benzene rings is 1. The van der Waals surface area contributed by atoms with Gasteiger partial charge in [0, 0.05) is 6.07 Å². The molecule has 0 bridgehead atoms. The molecule has 0 aliphatic carbocycles. The number of rotatable bonds is 2. The van der Waals surface area contributed by atoms with Crippen LogP contribution in [0.15, 0.2) is 21.1 Å². The molecule has 0 unspecified atom stereocenters. The van der Waals surface area contributed by atoms with E-state index >= 15 is 0 Å². The molecule has 0 saturated heterocycles. The van der Waals surface area contributed by atoms with Crippen LogP contribution in [0.2, 0.25) is 0 Å². The second-order valence-electron chi connectivity index (χ2n) is 3.82. The molecule has 2 rings (SSSR count). The summed E-state index contributed by atoms with van der Waals surface area (Å²) in [5.41, 5.74) is 8.68. The second kappa shape index (κ2) is 4.41. The topological polar surface area (TPSA) is 61.3 Å². The maximum atomic E-state index is 5.58. The molecule has 0 aliphatic rings. The van der Waals surface area contributed by atoms with E-state index in [1.54, 1.807) is 13.2 Å². The smallest absolute Gasteiger partial charge is 0.173 e. The summed E-state index contributed by atoms with van der Waals surface area (Å²) in [6, 6.07) is 3.70. The number of halogens is 1. The molecular weight excluding hydrogens is 284 g/mol. The van der Waals surface area contributed by atoms with Gasteiger partial charge < -0.3 is 15.0 Å². The highest BCUT2D eigenvalue weighted by Gasteiger charge is 2.18. The van der Waals surface area contributed by atoms with E-state index in [4.69, 9.17) is 15.0 Å². The first-order chi connectivity index (χ1) is 8.04. The maximum Gasteiger partial charge on any atom is 0.173 e. The molecule has 1 aromatic carbocycles. The summed E-state index contributed by atoms with van der Waals surface area (Å²) in [6.07, 6.45) is 0. The third kappa shape index (κ3) is 2.02. The van der Waals surface area contributed by atoms with Gasteiger partial charge in [-0.15, -0.1) is 0 Å². The van der Waals surface area contributed by atoms with E-state index in [0.29, 0.717) is 11.6 Å². The first kappa shape index (κ1) is 12.0. The molecule has 1 aromatic heterocycles. The van der Waals surface area contributed by atoms with Crippen molar-refractivity contribution in [3.05, 3.63) is 27.7 Å². The van der Waals surface area contributed by atoms with Crippen LogP contribution in [0.5, 0.6) is 5.75 Å². The van der Waals surface area contributed by atoms with Crippen LogP contribution < -0.4 is 10.5 Å². The first-order valence-electron chi connectivity index (χ1n) is 5.11. The number of nitrogens with two attached hydrogens (primary N) is 1. The molecule has 90 valence electrons. The van der Waals surface area contributed by atoms with Gasteiger partial charge in [0.1, 0.15) is 5.75 Å². The molecule has 0 amide bonds. The third-order valence-corrected chi connectivity index (χ3v) is 3.32. The van der Waals surface area contributed by atoms with Crippen LogP contribution in [-0.4, -0.2) is 12.3 Å². The molecule has 0 aliphatic heterocycles. The average Bonchev–Trinajstić information content (AvgIpc) is 2.69. The van der Waals surface area contributed by atoms with Crippen LogP contribution in [0.1, 0.15) is 11.1 Å². The van der Waals surface area contributed by atoms with Crippen LogP contribution in [-0.2, 0) is 0 Å². The molecule has 0 spiro atoms. The van der Waals surface area contributed by atoms with Gasteiger partial charge in [-0.05, 0) is 47.0 Å². The molecule has 0 radical (unpaired) electrons. The van der Waals surface area contributed by atoms with Gasteiger partial charge in [-0.25, -0.2) is 0 Å². The standard InChI is InChI=1S/C12H13BrN2O2/c1-6-4-8(13)12(16-3)11(7(6)2)9-5-10(14)15-17-9/h4-5H,1-3H3,(H2,14,15). The highest BCUT2D eigenvalue weighted by molar-refractivity contribution is 9.10.